The molecule has 0 atom stereocenters. The SMILES string of the molecule is CC(C)c1ccccc1NC(=O)/C(C#N)=C\Nc1cccc2cccnc12. The molecule has 5 nitrogen and oxygen atoms in total. The van der Waals surface area contributed by atoms with Crippen molar-refractivity contribution in [2.75, 3.05) is 10.6 Å². The van der Waals surface area contributed by atoms with E-state index in [2.05, 4.69) is 29.5 Å². The molecule has 0 saturated heterocycles. The summed E-state index contributed by atoms with van der Waals surface area (Å²) in [6.07, 6.45) is 3.12. The van der Waals surface area contributed by atoms with Crippen molar-refractivity contribution in [3.8, 4) is 6.07 Å². The number of carbonyl (C=O) groups excluding carboxylic acids is 1. The van der Waals surface area contributed by atoms with Gasteiger partial charge in [-0.25, -0.2) is 0 Å². The molecule has 1 aromatic heterocycles. The lowest BCUT2D eigenvalue weighted by Crippen LogP contribution is -2.16. The number of para-hydroxylation sites is 2. The second-order valence-corrected chi connectivity index (χ2v) is 6.39. The number of aromatic nitrogens is 1. The van der Waals surface area contributed by atoms with Gasteiger partial charge in [0.25, 0.3) is 5.91 Å². The van der Waals surface area contributed by atoms with Gasteiger partial charge in [-0.15, -0.1) is 0 Å². The minimum Gasteiger partial charge on any atom is -0.358 e. The van der Waals surface area contributed by atoms with Gasteiger partial charge in [0.1, 0.15) is 11.6 Å². The maximum atomic E-state index is 12.5. The number of fused-ring (bicyclic) bond motifs is 1. The number of nitrogens with one attached hydrogen (secondary N) is 2. The van der Waals surface area contributed by atoms with Gasteiger partial charge in [0.05, 0.1) is 11.2 Å². The van der Waals surface area contributed by atoms with Gasteiger partial charge in [-0.3, -0.25) is 9.78 Å². The van der Waals surface area contributed by atoms with Crippen LogP contribution < -0.4 is 10.6 Å². The largest absolute Gasteiger partial charge is 0.358 e. The van der Waals surface area contributed by atoms with E-state index in [0.29, 0.717) is 5.69 Å². The highest BCUT2D eigenvalue weighted by Gasteiger charge is 2.13. The molecule has 0 aliphatic heterocycles. The van der Waals surface area contributed by atoms with Gasteiger partial charge < -0.3 is 10.6 Å². The van der Waals surface area contributed by atoms with E-state index in [1.165, 1.54) is 6.20 Å². The van der Waals surface area contributed by atoms with Crippen LogP contribution in [-0.4, -0.2) is 10.9 Å². The molecular weight excluding hydrogens is 336 g/mol. The number of rotatable bonds is 5. The zero-order chi connectivity index (χ0) is 19.2. The first-order chi connectivity index (χ1) is 13.1. The van der Waals surface area contributed by atoms with E-state index in [0.717, 1.165) is 22.2 Å². The predicted octanol–water partition coefficient (Wildman–Crippen LogP) is 4.82. The highest BCUT2D eigenvalue weighted by molar-refractivity contribution is 6.07. The molecule has 0 bridgehead atoms. The van der Waals surface area contributed by atoms with Crippen LogP contribution >= 0.6 is 0 Å². The smallest absolute Gasteiger partial charge is 0.267 e. The number of pyridine rings is 1. The van der Waals surface area contributed by atoms with E-state index >= 15 is 0 Å². The summed E-state index contributed by atoms with van der Waals surface area (Å²) >= 11 is 0. The molecule has 0 aliphatic carbocycles. The van der Waals surface area contributed by atoms with Crippen LogP contribution in [0.15, 0.2) is 72.6 Å². The van der Waals surface area contributed by atoms with Crippen LogP contribution in [0.1, 0.15) is 25.3 Å². The Morgan fingerprint density at radius 1 is 1.07 bits per heavy atom. The molecule has 3 aromatic rings. The first-order valence-electron chi connectivity index (χ1n) is 8.71. The fraction of sp³-hybridized carbons (Fsp3) is 0.136. The zero-order valence-electron chi connectivity index (χ0n) is 15.2. The zero-order valence-corrected chi connectivity index (χ0v) is 15.2. The van der Waals surface area contributed by atoms with Crippen LogP contribution in [0, 0.1) is 11.3 Å². The lowest BCUT2D eigenvalue weighted by molar-refractivity contribution is -0.112. The molecule has 2 N–H and O–H groups in total. The van der Waals surface area contributed by atoms with Crippen molar-refractivity contribution in [3.63, 3.8) is 0 Å². The number of nitrogens with zero attached hydrogens (tertiary/aromatic N) is 2. The summed E-state index contributed by atoms with van der Waals surface area (Å²) in [6, 6.07) is 19.1. The molecular formula is C22H20N4O. The number of amides is 1. The summed E-state index contributed by atoms with van der Waals surface area (Å²) in [7, 11) is 0. The first-order valence-corrected chi connectivity index (χ1v) is 8.71. The van der Waals surface area contributed by atoms with Crippen molar-refractivity contribution in [2.24, 2.45) is 0 Å². The topological polar surface area (TPSA) is 77.8 Å². The number of benzene rings is 2. The molecule has 1 heterocycles. The highest BCUT2D eigenvalue weighted by Crippen LogP contribution is 2.24. The molecule has 0 unspecified atom stereocenters. The van der Waals surface area contributed by atoms with Gasteiger partial charge in [-0.2, -0.15) is 5.26 Å². The Balaban J connectivity index is 1.82. The maximum Gasteiger partial charge on any atom is 0.267 e. The summed E-state index contributed by atoms with van der Waals surface area (Å²) in [5, 5.41) is 16.3. The van der Waals surface area contributed by atoms with E-state index in [4.69, 9.17) is 0 Å². The predicted molar refractivity (Wildman–Crippen MR) is 108 cm³/mol. The normalized spacial score (nSPS) is 11.3. The molecule has 0 saturated carbocycles. The molecule has 2 aromatic carbocycles. The van der Waals surface area contributed by atoms with Gasteiger partial charge in [-0.05, 0) is 29.7 Å². The van der Waals surface area contributed by atoms with Crippen LogP contribution in [0.25, 0.3) is 10.9 Å². The summed E-state index contributed by atoms with van der Waals surface area (Å²) in [4.78, 5) is 16.9. The summed E-state index contributed by atoms with van der Waals surface area (Å²) in [5.74, 6) is -0.192. The Kier molecular flexibility index (Phi) is 5.48. The van der Waals surface area contributed by atoms with Crippen molar-refractivity contribution >= 4 is 28.2 Å². The Morgan fingerprint density at radius 2 is 1.81 bits per heavy atom. The number of nitriles is 1. The Bertz CT molecular complexity index is 1040. The molecule has 5 heteroatoms. The Hall–Kier alpha value is -3.65. The van der Waals surface area contributed by atoms with E-state index in [-0.39, 0.29) is 11.5 Å². The van der Waals surface area contributed by atoms with E-state index in [1.807, 2.05) is 60.7 Å². The minimum absolute atomic E-state index is 0.0125. The number of anilines is 2. The molecule has 3 rings (SSSR count). The van der Waals surface area contributed by atoms with Gasteiger partial charge >= 0.3 is 0 Å². The molecule has 27 heavy (non-hydrogen) atoms. The number of carbonyl (C=O) groups is 1. The highest BCUT2D eigenvalue weighted by atomic mass is 16.1. The minimum atomic E-state index is -0.453. The summed E-state index contributed by atoms with van der Waals surface area (Å²) < 4.78 is 0. The lowest BCUT2D eigenvalue weighted by Gasteiger charge is -2.13. The van der Waals surface area contributed by atoms with Gasteiger partial charge in [0.15, 0.2) is 0 Å². The van der Waals surface area contributed by atoms with Gasteiger partial charge in [0, 0.05) is 23.5 Å². The second-order valence-electron chi connectivity index (χ2n) is 6.39. The van der Waals surface area contributed by atoms with Crippen LogP contribution in [0.4, 0.5) is 11.4 Å². The molecule has 0 aliphatic rings. The molecule has 1 amide bonds. The third kappa shape index (κ3) is 4.13. The van der Waals surface area contributed by atoms with Crippen molar-refractivity contribution < 1.29 is 4.79 Å². The second kappa shape index (κ2) is 8.15. The fourth-order valence-electron chi connectivity index (χ4n) is 2.82. The molecule has 134 valence electrons. The van der Waals surface area contributed by atoms with Crippen LogP contribution in [0.5, 0.6) is 0 Å². The Morgan fingerprint density at radius 3 is 2.59 bits per heavy atom. The van der Waals surface area contributed by atoms with E-state index < -0.39 is 5.91 Å². The monoisotopic (exact) mass is 356 g/mol. The van der Waals surface area contributed by atoms with Crippen molar-refractivity contribution in [1.29, 1.82) is 5.26 Å². The van der Waals surface area contributed by atoms with Crippen molar-refractivity contribution in [1.82, 2.24) is 4.98 Å². The average Bonchev–Trinajstić information content (AvgIpc) is 2.68. The van der Waals surface area contributed by atoms with Crippen LogP contribution in [0.3, 0.4) is 0 Å². The standard InChI is InChI=1S/C22H20N4O/c1-15(2)18-9-3-4-10-19(18)26-22(27)17(13-23)14-25-20-11-5-7-16-8-6-12-24-21(16)20/h3-12,14-15,25H,1-2H3,(H,26,27)/b17-14-. The number of hydrogen-bond acceptors (Lipinski definition) is 4. The Labute approximate surface area is 158 Å². The third-order valence-electron chi connectivity index (χ3n) is 4.20. The van der Waals surface area contributed by atoms with Gasteiger partial charge in [0.2, 0.25) is 0 Å². The quantitative estimate of drug-likeness (QED) is 0.508. The fourth-order valence-corrected chi connectivity index (χ4v) is 2.82. The van der Waals surface area contributed by atoms with E-state index in [9.17, 15) is 10.1 Å². The van der Waals surface area contributed by atoms with Crippen molar-refractivity contribution in [3.05, 3.63) is 78.1 Å². The summed E-state index contributed by atoms with van der Waals surface area (Å²) in [5.41, 5.74) is 3.23. The van der Waals surface area contributed by atoms with Crippen LogP contribution in [-0.2, 0) is 4.79 Å². The van der Waals surface area contributed by atoms with Gasteiger partial charge in [-0.1, -0.05) is 50.2 Å². The lowest BCUT2D eigenvalue weighted by atomic mass is 10.0. The molecule has 0 fully saturated rings. The molecule has 0 spiro atoms. The summed E-state index contributed by atoms with van der Waals surface area (Å²) in [6.45, 7) is 4.11. The maximum absolute atomic E-state index is 12.5. The average molecular weight is 356 g/mol. The van der Waals surface area contributed by atoms with Crippen molar-refractivity contribution in [2.45, 2.75) is 19.8 Å². The third-order valence-corrected chi connectivity index (χ3v) is 4.20. The van der Waals surface area contributed by atoms with Crippen LogP contribution in [0.2, 0.25) is 0 Å². The molecule has 0 radical (unpaired) electrons. The van der Waals surface area contributed by atoms with E-state index in [1.54, 1.807) is 6.20 Å². The number of hydrogen-bond donors (Lipinski definition) is 2. The first kappa shape index (κ1) is 18.2.